The third-order valence-electron chi connectivity index (χ3n) is 2.02. The standard InChI is InChI=1S/C10H21NO3S/c1-7(2)14-5-6-15-10(3,4)8(11)9(12)13/h7-8H,5-6,11H2,1-4H3,(H,12,13)/t8-/m1/s1. The van der Waals surface area contributed by atoms with Crippen LogP contribution in [0.1, 0.15) is 27.7 Å². The fourth-order valence-electron chi connectivity index (χ4n) is 0.976. The Morgan fingerprint density at radius 3 is 2.47 bits per heavy atom. The van der Waals surface area contributed by atoms with Gasteiger partial charge >= 0.3 is 5.97 Å². The molecule has 0 unspecified atom stereocenters. The van der Waals surface area contributed by atoms with Crippen LogP contribution in [-0.2, 0) is 9.53 Å². The van der Waals surface area contributed by atoms with Gasteiger partial charge in [-0.1, -0.05) is 0 Å². The zero-order chi connectivity index (χ0) is 12.1. The first kappa shape index (κ1) is 14.7. The summed E-state index contributed by atoms with van der Waals surface area (Å²) in [6.07, 6.45) is 0.210. The lowest BCUT2D eigenvalue weighted by Gasteiger charge is -2.28. The van der Waals surface area contributed by atoms with Crippen LogP contribution in [0.4, 0.5) is 0 Å². The SMILES string of the molecule is CC(C)OCCSC(C)(C)[C@H](N)C(=O)O. The van der Waals surface area contributed by atoms with Crippen molar-refractivity contribution in [2.24, 2.45) is 5.73 Å². The third-order valence-corrected chi connectivity index (χ3v) is 3.39. The van der Waals surface area contributed by atoms with Gasteiger partial charge in [0.2, 0.25) is 0 Å². The first-order chi connectivity index (χ1) is 6.77. The Balaban J connectivity index is 3.88. The minimum Gasteiger partial charge on any atom is -0.480 e. The third kappa shape index (κ3) is 6.02. The molecule has 0 aliphatic rings. The molecule has 0 amide bonds. The van der Waals surface area contributed by atoms with Gasteiger partial charge in [-0.2, -0.15) is 11.8 Å². The van der Waals surface area contributed by atoms with Crippen molar-refractivity contribution in [3.63, 3.8) is 0 Å². The molecule has 4 nitrogen and oxygen atoms in total. The average Bonchev–Trinajstić information content (AvgIpc) is 2.10. The highest BCUT2D eigenvalue weighted by Gasteiger charge is 2.32. The van der Waals surface area contributed by atoms with Crippen LogP contribution in [0.3, 0.4) is 0 Å². The van der Waals surface area contributed by atoms with E-state index in [1.807, 2.05) is 27.7 Å². The fraction of sp³-hybridized carbons (Fsp3) is 0.900. The summed E-state index contributed by atoms with van der Waals surface area (Å²) in [6.45, 7) is 8.24. The van der Waals surface area contributed by atoms with E-state index in [1.165, 1.54) is 11.8 Å². The quantitative estimate of drug-likeness (QED) is 0.651. The van der Waals surface area contributed by atoms with Crippen LogP contribution in [-0.4, -0.2) is 40.3 Å². The van der Waals surface area contributed by atoms with E-state index in [1.54, 1.807) is 0 Å². The molecule has 0 saturated carbocycles. The lowest BCUT2D eigenvalue weighted by atomic mass is 10.1. The number of carbonyl (C=O) groups is 1. The van der Waals surface area contributed by atoms with E-state index in [0.717, 1.165) is 5.75 Å². The first-order valence-corrected chi connectivity index (χ1v) is 6.00. The summed E-state index contributed by atoms with van der Waals surface area (Å²) in [7, 11) is 0. The van der Waals surface area contributed by atoms with Crippen LogP contribution in [0.15, 0.2) is 0 Å². The van der Waals surface area contributed by atoms with Gasteiger partial charge in [-0.3, -0.25) is 4.79 Å². The molecule has 3 N–H and O–H groups in total. The van der Waals surface area contributed by atoms with Gasteiger partial charge in [-0.05, 0) is 27.7 Å². The maximum absolute atomic E-state index is 10.7. The Morgan fingerprint density at radius 2 is 2.07 bits per heavy atom. The van der Waals surface area contributed by atoms with Gasteiger partial charge in [0.1, 0.15) is 6.04 Å². The summed E-state index contributed by atoms with van der Waals surface area (Å²) >= 11 is 1.53. The summed E-state index contributed by atoms with van der Waals surface area (Å²) in [5.74, 6) is -0.205. The Bertz CT molecular complexity index is 207. The number of aliphatic carboxylic acids is 1. The van der Waals surface area contributed by atoms with Gasteiger partial charge in [0, 0.05) is 10.5 Å². The van der Waals surface area contributed by atoms with E-state index < -0.39 is 16.8 Å². The summed E-state index contributed by atoms with van der Waals surface area (Å²) in [5.41, 5.74) is 5.58. The van der Waals surface area contributed by atoms with Crippen LogP contribution in [0.5, 0.6) is 0 Å². The number of rotatable bonds is 7. The summed E-state index contributed by atoms with van der Waals surface area (Å²) < 4.78 is 4.90. The highest BCUT2D eigenvalue weighted by atomic mass is 32.2. The molecule has 0 saturated heterocycles. The molecule has 5 heteroatoms. The number of carboxylic acids is 1. The molecule has 0 bridgehead atoms. The van der Waals surface area contributed by atoms with Gasteiger partial charge in [-0.25, -0.2) is 0 Å². The largest absolute Gasteiger partial charge is 0.480 e. The molecule has 0 aromatic rings. The molecule has 0 aliphatic carbocycles. The van der Waals surface area contributed by atoms with E-state index in [0.29, 0.717) is 6.61 Å². The molecule has 0 aromatic heterocycles. The molecule has 90 valence electrons. The van der Waals surface area contributed by atoms with Crippen molar-refractivity contribution in [3.8, 4) is 0 Å². The van der Waals surface area contributed by atoms with Crippen LogP contribution in [0.2, 0.25) is 0 Å². The van der Waals surface area contributed by atoms with Crippen molar-refractivity contribution in [1.29, 1.82) is 0 Å². The predicted molar refractivity (Wildman–Crippen MR) is 63.2 cm³/mol. The number of carboxylic acid groups (broad SMARTS) is 1. The Labute approximate surface area is 95.6 Å². The molecule has 0 spiro atoms. The Hall–Kier alpha value is -0.260. The summed E-state index contributed by atoms with van der Waals surface area (Å²) in [4.78, 5) is 10.7. The lowest BCUT2D eigenvalue weighted by Crippen LogP contribution is -2.47. The summed E-state index contributed by atoms with van der Waals surface area (Å²) in [5, 5.41) is 8.79. The van der Waals surface area contributed by atoms with E-state index in [4.69, 9.17) is 15.6 Å². The Kier molecular flexibility index (Phi) is 6.24. The summed E-state index contributed by atoms with van der Waals surface area (Å²) in [6, 6.07) is -0.846. The van der Waals surface area contributed by atoms with Crippen LogP contribution < -0.4 is 5.73 Å². The van der Waals surface area contributed by atoms with Crippen molar-refractivity contribution in [2.45, 2.75) is 44.6 Å². The number of thioether (sulfide) groups is 1. The zero-order valence-electron chi connectivity index (χ0n) is 9.82. The molecule has 0 aliphatic heterocycles. The predicted octanol–water partition coefficient (Wildman–Crippen LogP) is 1.34. The number of ether oxygens (including phenoxy) is 1. The van der Waals surface area contributed by atoms with Crippen molar-refractivity contribution < 1.29 is 14.6 Å². The molecule has 0 radical (unpaired) electrons. The van der Waals surface area contributed by atoms with Crippen LogP contribution >= 0.6 is 11.8 Å². The Morgan fingerprint density at radius 1 is 1.53 bits per heavy atom. The molecule has 1 atom stereocenters. The minimum atomic E-state index is -0.961. The average molecular weight is 235 g/mol. The molecule has 0 aromatic carbocycles. The maximum atomic E-state index is 10.7. The smallest absolute Gasteiger partial charge is 0.321 e. The van der Waals surface area contributed by atoms with Crippen molar-refractivity contribution in [1.82, 2.24) is 0 Å². The minimum absolute atomic E-state index is 0.210. The van der Waals surface area contributed by atoms with Gasteiger partial charge in [0.25, 0.3) is 0 Å². The molecule has 0 rings (SSSR count). The van der Waals surface area contributed by atoms with Crippen molar-refractivity contribution >= 4 is 17.7 Å². The van der Waals surface area contributed by atoms with Crippen molar-refractivity contribution in [3.05, 3.63) is 0 Å². The molecule has 15 heavy (non-hydrogen) atoms. The normalized spacial score (nSPS) is 14.3. The highest BCUT2D eigenvalue weighted by molar-refractivity contribution is 8.00. The maximum Gasteiger partial charge on any atom is 0.321 e. The van der Waals surface area contributed by atoms with Crippen molar-refractivity contribution in [2.75, 3.05) is 12.4 Å². The van der Waals surface area contributed by atoms with Crippen LogP contribution in [0.25, 0.3) is 0 Å². The van der Waals surface area contributed by atoms with E-state index in [2.05, 4.69) is 0 Å². The second-order valence-electron chi connectivity index (χ2n) is 4.19. The van der Waals surface area contributed by atoms with Gasteiger partial charge in [-0.15, -0.1) is 0 Å². The van der Waals surface area contributed by atoms with Gasteiger partial charge in [0.15, 0.2) is 0 Å². The molecular weight excluding hydrogens is 214 g/mol. The van der Waals surface area contributed by atoms with E-state index >= 15 is 0 Å². The second kappa shape index (κ2) is 6.35. The topological polar surface area (TPSA) is 72.5 Å². The van der Waals surface area contributed by atoms with Gasteiger partial charge in [0.05, 0.1) is 12.7 Å². The molecular formula is C10H21NO3S. The monoisotopic (exact) mass is 235 g/mol. The lowest BCUT2D eigenvalue weighted by molar-refractivity contribution is -0.139. The zero-order valence-corrected chi connectivity index (χ0v) is 10.6. The molecule has 0 fully saturated rings. The van der Waals surface area contributed by atoms with E-state index in [9.17, 15) is 4.79 Å². The van der Waals surface area contributed by atoms with E-state index in [-0.39, 0.29) is 6.10 Å². The fourth-order valence-corrected chi connectivity index (χ4v) is 1.96. The van der Waals surface area contributed by atoms with Gasteiger partial charge < -0.3 is 15.6 Å². The first-order valence-electron chi connectivity index (χ1n) is 5.01. The second-order valence-corrected chi connectivity index (χ2v) is 5.94. The molecule has 0 heterocycles. The highest BCUT2D eigenvalue weighted by Crippen LogP contribution is 2.27. The number of hydrogen-bond donors (Lipinski definition) is 2. The number of nitrogens with two attached hydrogens (primary N) is 1. The van der Waals surface area contributed by atoms with Crippen LogP contribution in [0, 0.1) is 0 Å². The number of hydrogen-bond acceptors (Lipinski definition) is 4.